The van der Waals surface area contributed by atoms with E-state index in [9.17, 15) is 14.4 Å². The fraction of sp³-hybridized carbons (Fsp3) is 0.786. The summed E-state index contributed by atoms with van der Waals surface area (Å²) in [6, 6.07) is 0. The maximum absolute atomic E-state index is 11.7. The van der Waals surface area contributed by atoms with Gasteiger partial charge in [-0.05, 0) is 33.6 Å². The predicted octanol–water partition coefficient (Wildman–Crippen LogP) is 1.85. The Bertz CT molecular complexity index is 295. The summed E-state index contributed by atoms with van der Waals surface area (Å²) in [7, 11) is 0. The number of unbranched alkanes of at least 4 members (excludes halogenated alkanes) is 1. The molecule has 0 aliphatic carbocycles. The Balaban J connectivity index is 4.19. The molecule has 0 spiro atoms. The van der Waals surface area contributed by atoms with Crippen molar-refractivity contribution < 1.29 is 28.6 Å². The molecular formula is C14H24O6. The Hall–Kier alpha value is -1.59. The first-order valence-corrected chi connectivity index (χ1v) is 7.05. The highest BCUT2D eigenvalue weighted by atomic mass is 16.6. The van der Waals surface area contributed by atoms with Gasteiger partial charge in [-0.15, -0.1) is 0 Å². The van der Waals surface area contributed by atoms with Crippen LogP contribution in [0, 0.1) is 5.92 Å². The van der Waals surface area contributed by atoms with Gasteiger partial charge in [-0.25, -0.2) is 0 Å². The van der Waals surface area contributed by atoms with Crippen LogP contribution in [0.4, 0.5) is 0 Å². The standard InChI is InChI=1S/C14H24O6/c1-4-18-12(15)10-8-7-9-11(13(16)19-5-2)14(17)20-6-3/h11H,4-10H2,1-3H3. The third-order valence-corrected chi connectivity index (χ3v) is 2.57. The second-order valence-corrected chi connectivity index (χ2v) is 4.11. The second kappa shape index (κ2) is 11.3. The van der Waals surface area contributed by atoms with Crippen LogP contribution in [0.15, 0.2) is 0 Å². The summed E-state index contributed by atoms with van der Waals surface area (Å²) >= 11 is 0. The van der Waals surface area contributed by atoms with Crippen LogP contribution in [0.2, 0.25) is 0 Å². The summed E-state index contributed by atoms with van der Waals surface area (Å²) in [5.74, 6) is -2.31. The molecule has 0 aliphatic heterocycles. The Kier molecular flexibility index (Phi) is 10.4. The van der Waals surface area contributed by atoms with Crippen LogP contribution in [-0.4, -0.2) is 37.7 Å². The lowest BCUT2D eigenvalue weighted by molar-refractivity contribution is -0.161. The monoisotopic (exact) mass is 288 g/mol. The van der Waals surface area contributed by atoms with Gasteiger partial charge in [-0.2, -0.15) is 0 Å². The van der Waals surface area contributed by atoms with Crippen molar-refractivity contribution in [3.63, 3.8) is 0 Å². The van der Waals surface area contributed by atoms with E-state index in [0.29, 0.717) is 25.9 Å². The molecule has 0 unspecified atom stereocenters. The molecule has 0 bridgehead atoms. The van der Waals surface area contributed by atoms with Gasteiger partial charge in [0.1, 0.15) is 0 Å². The predicted molar refractivity (Wildman–Crippen MR) is 71.9 cm³/mol. The van der Waals surface area contributed by atoms with Gasteiger partial charge in [0.2, 0.25) is 0 Å². The van der Waals surface area contributed by atoms with Gasteiger partial charge < -0.3 is 14.2 Å². The first kappa shape index (κ1) is 18.4. The van der Waals surface area contributed by atoms with E-state index in [1.54, 1.807) is 20.8 Å². The van der Waals surface area contributed by atoms with Crippen molar-refractivity contribution in [3.05, 3.63) is 0 Å². The smallest absolute Gasteiger partial charge is 0.320 e. The fourth-order valence-electron chi connectivity index (χ4n) is 1.67. The molecule has 0 aliphatic rings. The Morgan fingerprint density at radius 3 is 1.75 bits per heavy atom. The van der Waals surface area contributed by atoms with Crippen LogP contribution in [0.1, 0.15) is 46.5 Å². The van der Waals surface area contributed by atoms with E-state index in [1.807, 2.05) is 0 Å². The number of carbonyl (C=O) groups excluding carboxylic acids is 3. The molecule has 20 heavy (non-hydrogen) atoms. The number of esters is 3. The maximum atomic E-state index is 11.7. The molecule has 6 nitrogen and oxygen atoms in total. The van der Waals surface area contributed by atoms with E-state index in [-0.39, 0.29) is 25.6 Å². The first-order valence-electron chi connectivity index (χ1n) is 7.05. The summed E-state index contributed by atoms with van der Waals surface area (Å²) in [6.45, 7) is 5.90. The molecule has 6 heteroatoms. The Morgan fingerprint density at radius 1 is 0.800 bits per heavy atom. The zero-order valence-electron chi connectivity index (χ0n) is 12.5. The average Bonchev–Trinajstić information content (AvgIpc) is 2.39. The summed E-state index contributed by atoms with van der Waals surface area (Å²) < 4.78 is 14.5. The van der Waals surface area contributed by atoms with Crippen molar-refractivity contribution in [3.8, 4) is 0 Å². The highest BCUT2D eigenvalue weighted by Crippen LogP contribution is 2.14. The molecule has 0 atom stereocenters. The molecule has 0 aromatic heterocycles. The quantitative estimate of drug-likeness (QED) is 0.264. The number of hydrogen-bond acceptors (Lipinski definition) is 6. The Labute approximate surface area is 119 Å². The van der Waals surface area contributed by atoms with Gasteiger partial charge in [0.25, 0.3) is 0 Å². The van der Waals surface area contributed by atoms with Crippen LogP contribution in [0.5, 0.6) is 0 Å². The van der Waals surface area contributed by atoms with Gasteiger partial charge in [-0.3, -0.25) is 14.4 Å². The van der Waals surface area contributed by atoms with Gasteiger partial charge in [-0.1, -0.05) is 6.42 Å². The minimum Gasteiger partial charge on any atom is -0.466 e. The lowest BCUT2D eigenvalue weighted by Gasteiger charge is -2.13. The zero-order chi connectivity index (χ0) is 15.4. The van der Waals surface area contributed by atoms with E-state index in [4.69, 9.17) is 14.2 Å². The number of ether oxygens (including phenoxy) is 3. The van der Waals surface area contributed by atoms with Crippen molar-refractivity contribution in [1.29, 1.82) is 0 Å². The molecule has 0 saturated heterocycles. The molecule has 0 N–H and O–H groups in total. The van der Waals surface area contributed by atoms with Gasteiger partial charge >= 0.3 is 17.9 Å². The average molecular weight is 288 g/mol. The summed E-state index contributed by atoms with van der Waals surface area (Å²) in [6.07, 6.45) is 1.72. The molecule has 0 saturated carbocycles. The highest BCUT2D eigenvalue weighted by molar-refractivity contribution is 5.94. The molecular weight excluding hydrogens is 264 g/mol. The number of rotatable bonds is 10. The van der Waals surface area contributed by atoms with Crippen LogP contribution in [-0.2, 0) is 28.6 Å². The van der Waals surface area contributed by atoms with Crippen molar-refractivity contribution in [2.75, 3.05) is 19.8 Å². The van der Waals surface area contributed by atoms with Gasteiger partial charge in [0, 0.05) is 6.42 Å². The SMILES string of the molecule is CCOC(=O)CCCCC(C(=O)OCC)C(=O)OCC. The molecule has 0 rings (SSSR count). The topological polar surface area (TPSA) is 78.9 Å². The first-order chi connectivity index (χ1) is 9.56. The molecule has 0 aromatic carbocycles. The second-order valence-electron chi connectivity index (χ2n) is 4.11. The fourth-order valence-corrected chi connectivity index (χ4v) is 1.67. The van der Waals surface area contributed by atoms with Crippen LogP contribution < -0.4 is 0 Å². The Morgan fingerprint density at radius 2 is 1.30 bits per heavy atom. The van der Waals surface area contributed by atoms with E-state index in [2.05, 4.69) is 0 Å². The summed E-state index contributed by atoms with van der Waals surface area (Å²) in [5.41, 5.74) is 0. The molecule has 0 heterocycles. The third-order valence-electron chi connectivity index (χ3n) is 2.57. The number of carbonyl (C=O) groups is 3. The molecule has 116 valence electrons. The number of hydrogen-bond donors (Lipinski definition) is 0. The van der Waals surface area contributed by atoms with E-state index < -0.39 is 17.9 Å². The summed E-state index contributed by atoms with van der Waals surface area (Å²) in [5, 5.41) is 0. The van der Waals surface area contributed by atoms with Crippen LogP contribution in [0.3, 0.4) is 0 Å². The lowest BCUT2D eigenvalue weighted by Crippen LogP contribution is -2.28. The van der Waals surface area contributed by atoms with Crippen molar-refractivity contribution in [2.24, 2.45) is 5.92 Å². The normalized spacial score (nSPS) is 10.2. The molecule has 0 amide bonds. The maximum Gasteiger partial charge on any atom is 0.320 e. The molecule has 0 radical (unpaired) electrons. The zero-order valence-corrected chi connectivity index (χ0v) is 12.5. The summed E-state index contributed by atoms with van der Waals surface area (Å²) in [4.78, 5) is 34.5. The molecule has 0 fully saturated rings. The minimum absolute atomic E-state index is 0.220. The van der Waals surface area contributed by atoms with Gasteiger partial charge in [0.05, 0.1) is 19.8 Å². The van der Waals surface area contributed by atoms with Gasteiger partial charge in [0.15, 0.2) is 5.92 Å². The largest absolute Gasteiger partial charge is 0.466 e. The van der Waals surface area contributed by atoms with Crippen LogP contribution >= 0.6 is 0 Å². The molecule has 0 aromatic rings. The van der Waals surface area contributed by atoms with E-state index in [0.717, 1.165) is 0 Å². The van der Waals surface area contributed by atoms with Crippen LogP contribution in [0.25, 0.3) is 0 Å². The lowest BCUT2D eigenvalue weighted by atomic mass is 10.0. The van der Waals surface area contributed by atoms with Crippen molar-refractivity contribution in [2.45, 2.75) is 46.5 Å². The van der Waals surface area contributed by atoms with Crippen molar-refractivity contribution in [1.82, 2.24) is 0 Å². The van der Waals surface area contributed by atoms with Crippen molar-refractivity contribution >= 4 is 17.9 Å². The van der Waals surface area contributed by atoms with E-state index >= 15 is 0 Å². The van der Waals surface area contributed by atoms with E-state index in [1.165, 1.54) is 0 Å². The third kappa shape index (κ3) is 7.76. The minimum atomic E-state index is -0.905. The highest BCUT2D eigenvalue weighted by Gasteiger charge is 2.28.